The normalized spacial score (nSPS) is 12.0. The van der Waals surface area contributed by atoms with E-state index in [0.717, 1.165) is 16.7 Å². The van der Waals surface area contributed by atoms with E-state index < -0.39 is 6.10 Å². The molecule has 1 aromatic carbocycles. The second-order valence-electron chi connectivity index (χ2n) is 5.49. The number of carbonyl (C=O) groups excluding carboxylic acids is 1. The summed E-state index contributed by atoms with van der Waals surface area (Å²) in [5.74, 6) is 0.692. The monoisotopic (exact) mass is 317 g/mol. The summed E-state index contributed by atoms with van der Waals surface area (Å²) in [6.45, 7) is 7.05. The van der Waals surface area contributed by atoms with Crippen LogP contribution in [0.4, 0.5) is 4.79 Å². The number of hydrogen-bond donors (Lipinski definition) is 3. The minimum Gasteiger partial charge on any atom is -0.387 e. The summed E-state index contributed by atoms with van der Waals surface area (Å²) in [5.41, 5.74) is 2.97. The van der Waals surface area contributed by atoms with Crippen LogP contribution in [0.15, 0.2) is 24.5 Å². The molecule has 124 valence electrons. The van der Waals surface area contributed by atoms with Crippen LogP contribution in [0.25, 0.3) is 0 Å². The first-order chi connectivity index (χ1) is 11.0. The summed E-state index contributed by atoms with van der Waals surface area (Å²) in [5, 5.41) is 19.6. The molecule has 0 spiro atoms. The number of hydrogen-bond acceptors (Lipinski definition) is 4. The Labute approximate surface area is 135 Å². The number of amides is 2. The summed E-state index contributed by atoms with van der Waals surface area (Å²) < 4.78 is 1.71. The number of aliphatic hydroxyl groups is 1. The van der Waals surface area contributed by atoms with E-state index in [1.165, 1.54) is 6.33 Å². The molecule has 0 radical (unpaired) electrons. The van der Waals surface area contributed by atoms with Gasteiger partial charge in [-0.25, -0.2) is 14.5 Å². The van der Waals surface area contributed by atoms with Crippen LogP contribution in [-0.2, 0) is 13.1 Å². The molecule has 23 heavy (non-hydrogen) atoms. The van der Waals surface area contributed by atoms with Crippen molar-refractivity contribution in [1.29, 1.82) is 0 Å². The molecule has 0 aliphatic heterocycles. The summed E-state index contributed by atoms with van der Waals surface area (Å²) in [6, 6.07) is 5.53. The number of rotatable bonds is 6. The topological polar surface area (TPSA) is 92.1 Å². The van der Waals surface area contributed by atoms with E-state index in [0.29, 0.717) is 18.9 Å². The molecule has 2 aromatic rings. The molecule has 1 atom stereocenters. The number of benzene rings is 1. The molecule has 2 amide bonds. The predicted molar refractivity (Wildman–Crippen MR) is 86.8 cm³/mol. The lowest BCUT2D eigenvalue weighted by Gasteiger charge is -2.14. The highest BCUT2D eigenvalue weighted by molar-refractivity contribution is 5.73. The fourth-order valence-electron chi connectivity index (χ4n) is 2.42. The van der Waals surface area contributed by atoms with Crippen molar-refractivity contribution in [1.82, 2.24) is 25.4 Å². The van der Waals surface area contributed by atoms with E-state index in [4.69, 9.17) is 0 Å². The highest BCUT2D eigenvalue weighted by atomic mass is 16.3. The van der Waals surface area contributed by atoms with Crippen LogP contribution in [0.5, 0.6) is 0 Å². The van der Waals surface area contributed by atoms with Crippen molar-refractivity contribution < 1.29 is 9.90 Å². The Kier molecular flexibility index (Phi) is 5.70. The van der Waals surface area contributed by atoms with Crippen molar-refractivity contribution in [2.24, 2.45) is 0 Å². The third-order valence-electron chi connectivity index (χ3n) is 3.49. The lowest BCUT2D eigenvalue weighted by molar-refractivity contribution is 0.173. The maximum absolute atomic E-state index is 11.8. The van der Waals surface area contributed by atoms with Crippen LogP contribution in [0.1, 0.15) is 35.5 Å². The fourth-order valence-corrected chi connectivity index (χ4v) is 2.42. The molecule has 7 nitrogen and oxygen atoms in total. The Morgan fingerprint density at radius 3 is 2.61 bits per heavy atom. The molecule has 1 aromatic heterocycles. The van der Waals surface area contributed by atoms with Gasteiger partial charge in [-0.05, 0) is 26.3 Å². The van der Waals surface area contributed by atoms with Gasteiger partial charge in [-0.15, -0.1) is 0 Å². The average Bonchev–Trinajstić information content (AvgIpc) is 2.97. The standard InChI is InChI=1S/C16H23N5O2/c1-4-21-15(19-10-20-21)9-18-16(23)17-8-14(22)13-6-11(2)5-12(3)7-13/h5-7,10,14,22H,4,8-9H2,1-3H3,(H2,17,18,23)/t14-/m1/s1. The Morgan fingerprint density at radius 1 is 1.26 bits per heavy atom. The van der Waals surface area contributed by atoms with Crippen LogP contribution in [0.3, 0.4) is 0 Å². The third-order valence-corrected chi connectivity index (χ3v) is 3.49. The van der Waals surface area contributed by atoms with Gasteiger partial charge in [0.05, 0.1) is 12.6 Å². The molecular formula is C16H23N5O2. The maximum Gasteiger partial charge on any atom is 0.315 e. The number of aryl methyl sites for hydroxylation is 3. The van der Waals surface area contributed by atoms with Crippen molar-refractivity contribution in [2.75, 3.05) is 6.54 Å². The number of nitrogens with zero attached hydrogens (tertiary/aromatic N) is 3. The zero-order valence-corrected chi connectivity index (χ0v) is 13.7. The number of nitrogens with one attached hydrogen (secondary N) is 2. The van der Waals surface area contributed by atoms with Crippen LogP contribution >= 0.6 is 0 Å². The highest BCUT2D eigenvalue weighted by Gasteiger charge is 2.11. The van der Waals surface area contributed by atoms with Gasteiger partial charge in [0, 0.05) is 13.1 Å². The van der Waals surface area contributed by atoms with Crippen molar-refractivity contribution in [3.05, 3.63) is 47.0 Å². The van der Waals surface area contributed by atoms with Crippen molar-refractivity contribution >= 4 is 6.03 Å². The second kappa shape index (κ2) is 7.73. The van der Waals surface area contributed by atoms with E-state index in [1.807, 2.05) is 39.0 Å². The molecule has 0 unspecified atom stereocenters. The molecule has 0 saturated carbocycles. The van der Waals surface area contributed by atoms with Crippen LogP contribution in [0, 0.1) is 13.8 Å². The Bertz CT molecular complexity index is 648. The number of aromatic nitrogens is 3. The van der Waals surface area contributed by atoms with E-state index in [2.05, 4.69) is 20.7 Å². The van der Waals surface area contributed by atoms with E-state index in [9.17, 15) is 9.90 Å². The third kappa shape index (κ3) is 4.79. The predicted octanol–water partition coefficient (Wildman–Crippen LogP) is 1.45. The van der Waals surface area contributed by atoms with E-state index in [1.54, 1.807) is 4.68 Å². The van der Waals surface area contributed by atoms with Gasteiger partial charge in [-0.2, -0.15) is 5.10 Å². The van der Waals surface area contributed by atoms with Gasteiger partial charge in [0.15, 0.2) is 0 Å². The van der Waals surface area contributed by atoms with Crippen molar-refractivity contribution in [3.63, 3.8) is 0 Å². The quantitative estimate of drug-likeness (QED) is 0.752. The zero-order chi connectivity index (χ0) is 16.8. The largest absolute Gasteiger partial charge is 0.387 e. The van der Waals surface area contributed by atoms with Gasteiger partial charge in [0.2, 0.25) is 0 Å². The van der Waals surface area contributed by atoms with Crippen LogP contribution < -0.4 is 10.6 Å². The van der Waals surface area contributed by atoms with Crippen LogP contribution in [-0.4, -0.2) is 32.4 Å². The summed E-state index contributed by atoms with van der Waals surface area (Å²) in [6.07, 6.45) is 0.723. The van der Waals surface area contributed by atoms with Gasteiger partial charge in [-0.3, -0.25) is 0 Å². The van der Waals surface area contributed by atoms with E-state index in [-0.39, 0.29) is 12.6 Å². The molecule has 0 bridgehead atoms. The molecule has 3 N–H and O–H groups in total. The Hall–Kier alpha value is -2.41. The first-order valence-electron chi connectivity index (χ1n) is 7.64. The molecule has 0 fully saturated rings. The van der Waals surface area contributed by atoms with Crippen molar-refractivity contribution in [2.45, 2.75) is 40.0 Å². The molecule has 2 rings (SSSR count). The second-order valence-corrected chi connectivity index (χ2v) is 5.49. The molecule has 0 aliphatic rings. The smallest absolute Gasteiger partial charge is 0.315 e. The zero-order valence-electron chi connectivity index (χ0n) is 13.7. The first-order valence-corrected chi connectivity index (χ1v) is 7.64. The SMILES string of the molecule is CCn1ncnc1CNC(=O)NC[C@@H](O)c1cc(C)cc(C)c1. The summed E-state index contributed by atoms with van der Waals surface area (Å²) in [4.78, 5) is 15.9. The average molecular weight is 317 g/mol. The fraction of sp³-hybridized carbons (Fsp3) is 0.438. The lowest BCUT2D eigenvalue weighted by atomic mass is 10.0. The maximum atomic E-state index is 11.8. The van der Waals surface area contributed by atoms with E-state index >= 15 is 0 Å². The molecule has 0 saturated heterocycles. The first kappa shape index (κ1) is 17.0. The summed E-state index contributed by atoms with van der Waals surface area (Å²) >= 11 is 0. The number of carbonyl (C=O) groups is 1. The minimum absolute atomic E-state index is 0.148. The van der Waals surface area contributed by atoms with Crippen LogP contribution in [0.2, 0.25) is 0 Å². The highest BCUT2D eigenvalue weighted by Crippen LogP contribution is 2.16. The lowest BCUT2D eigenvalue weighted by Crippen LogP contribution is -2.38. The molecular weight excluding hydrogens is 294 g/mol. The van der Waals surface area contributed by atoms with Gasteiger partial charge >= 0.3 is 6.03 Å². The van der Waals surface area contributed by atoms with Gasteiger partial charge < -0.3 is 15.7 Å². The molecule has 7 heteroatoms. The van der Waals surface area contributed by atoms with Gasteiger partial charge in [0.1, 0.15) is 12.2 Å². The number of aliphatic hydroxyl groups excluding tert-OH is 1. The minimum atomic E-state index is -0.737. The summed E-state index contributed by atoms with van der Waals surface area (Å²) in [7, 11) is 0. The van der Waals surface area contributed by atoms with Gasteiger partial charge in [0.25, 0.3) is 0 Å². The molecule has 0 aliphatic carbocycles. The Balaban J connectivity index is 1.81. The van der Waals surface area contributed by atoms with Gasteiger partial charge in [-0.1, -0.05) is 29.3 Å². The number of urea groups is 1. The Morgan fingerprint density at radius 2 is 1.96 bits per heavy atom. The molecule has 1 heterocycles. The van der Waals surface area contributed by atoms with Crippen molar-refractivity contribution in [3.8, 4) is 0 Å².